The molecule has 5 nitrogen and oxygen atoms in total. The van der Waals surface area contributed by atoms with Gasteiger partial charge in [0.15, 0.2) is 5.11 Å². The number of rotatable bonds is 3. The van der Waals surface area contributed by atoms with Crippen molar-refractivity contribution in [3.8, 4) is 0 Å². The standard InChI is InChI=1S/C11H10I2N2O3S/c1-2-8(16)14-11(19)15-9-6(10(17)18)3-5(12)4-7(9)13/h3-4H,2H2,1H3,(H,17,18)(H2,14,15,16,19). The number of aromatic carboxylic acids is 1. The summed E-state index contributed by atoms with van der Waals surface area (Å²) in [6.07, 6.45) is 0.303. The van der Waals surface area contributed by atoms with Gasteiger partial charge in [0, 0.05) is 13.6 Å². The Morgan fingerprint density at radius 1 is 1.37 bits per heavy atom. The maximum absolute atomic E-state index is 11.2. The first kappa shape index (κ1) is 16.6. The van der Waals surface area contributed by atoms with Crippen molar-refractivity contribution in [2.45, 2.75) is 13.3 Å². The highest BCUT2D eigenvalue weighted by atomic mass is 127. The van der Waals surface area contributed by atoms with Crippen LogP contribution in [0.2, 0.25) is 0 Å². The minimum Gasteiger partial charge on any atom is -0.478 e. The number of thiocarbonyl (C=S) groups is 1. The van der Waals surface area contributed by atoms with Crippen molar-refractivity contribution in [3.63, 3.8) is 0 Å². The van der Waals surface area contributed by atoms with E-state index in [0.717, 1.165) is 7.14 Å². The van der Waals surface area contributed by atoms with Gasteiger partial charge in [-0.25, -0.2) is 4.79 Å². The topological polar surface area (TPSA) is 78.4 Å². The number of hydrogen-bond acceptors (Lipinski definition) is 3. The number of carbonyl (C=O) groups is 2. The van der Waals surface area contributed by atoms with E-state index in [1.165, 1.54) is 6.07 Å². The smallest absolute Gasteiger partial charge is 0.337 e. The van der Waals surface area contributed by atoms with E-state index < -0.39 is 5.97 Å². The molecule has 0 aromatic heterocycles. The number of nitrogens with one attached hydrogen (secondary N) is 2. The zero-order valence-corrected chi connectivity index (χ0v) is 14.9. The molecule has 3 N–H and O–H groups in total. The fraction of sp³-hybridized carbons (Fsp3) is 0.182. The predicted molar refractivity (Wildman–Crippen MR) is 93.5 cm³/mol. The maximum Gasteiger partial charge on any atom is 0.337 e. The van der Waals surface area contributed by atoms with Crippen LogP contribution in [0.1, 0.15) is 23.7 Å². The minimum atomic E-state index is -1.05. The molecule has 1 rings (SSSR count). The van der Waals surface area contributed by atoms with Crippen molar-refractivity contribution >= 4 is 80.1 Å². The van der Waals surface area contributed by atoms with Crippen LogP contribution in [0.25, 0.3) is 0 Å². The minimum absolute atomic E-state index is 0.0912. The maximum atomic E-state index is 11.2. The first-order valence-electron chi connectivity index (χ1n) is 5.18. The molecule has 8 heteroatoms. The molecule has 0 saturated heterocycles. The van der Waals surface area contributed by atoms with E-state index in [4.69, 9.17) is 12.2 Å². The molecule has 1 aromatic rings. The molecule has 102 valence electrons. The molecule has 0 fully saturated rings. The Morgan fingerprint density at radius 3 is 2.53 bits per heavy atom. The third-order valence-electron chi connectivity index (χ3n) is 2.10. The molecule has 0 spiro atoms. The third kappa shape index (κ3) is 4.84. The lowest BCUT2D eigenvalue weighted by molar-refractivity contribution is -0.119. The highest BCUT2D eigenvalue weighted by Crippen LogP contribution is 2.26. The summed E-state index contributed by atoms with van der Waals surface area (Å²) >= 11 is 9.04. The summed E-state index contributed by atoms with van der Waals surface area (Å²) in [5, 5.41) is 14.5. The van der Waals surface area contributed by atoms with E-state index in [-0.39, 0.29) is 16.6 Å². The van der Waals surface area contributed by atoms with Crippen molar-refractivity contribution in [3.05, 3.63) is 24.8 Å². The molecule has 0 atom stereocenters. The molecule has 0 radical (unpaired) electrons. The number of amides is 1. The molecule has 19 heavy (non-hydrogen) atoms. The van der Waals surface area contributed by atoms with Crippen LogP contribution < -0.4 is 10.6 Å². The van der Waals surface area contributed by atoms with Crippen molar-refractivity contribution < 1.29 is 14.7 Å². The van der Waals surface area contributed by atoms with Gasteiger partial charge in [-0.15, -0.1) is 0 Å². The number of hydrogen-bond donors (Lipinski definition) is 3. The van der Waals surface area contributed by atoms with Crippen molar-refractivity contribution in [1.29, 1.82) is 0 Å². The van der Waals surface area contributed by atoms with Crippen LogP contribution in [0.15, 0.2) is 12.1 Å². The summed E-state index contributed by atoms with van der Waals surface area (Å²) in [5.41, 5.74) is 0.499. The van der Waals surface area contributed by atoms with E-state index in [1.54, 1.807) is 6.92 Å². The lowest BCUT2D eigenvalue weighted by Crippen LogP contribution is -2.34. The SMILES string of the molecule is CCC(=O)NC(=S)Nc1c(I)cc(I)cc1C(=O)O. The molecule has 0 unspecified atom stereocenters. The summed E-state index contributed by atoms with van der Waals surface area (Å²) in [6.45, 7) is 1.70. The molecule has 0 aliphatic rings. The summed E-state index contributed by atoms with van der Waals surface area (Å²) in [7, 11) is 0. The summed E-state index contributed by atoms with van der Waals surface area (Å²) in [5.74, 6) is -1.28. The Balaban J connectivity index is 3.03. The van der Waals surface area contributed by atoms with Crippen LogP contribution in [0.3, 0.4) is 0 Å². The van der Waals surface area contributed by atoms with Crippen molar-refractivity contribution in [2.75, 3.05) is 5.32 Å². The van der Waals surface area contributed by atoms with Crippen molar-refractivity contribution in [2.24, 2.45) is 0 Å². The van der Waals surface area contributed by atoms with Crippen LogP contribution in [-0.4, -0.2) is 22.1 Å². The fourth-order valence-corrected chi connectivity index (χ4v) is 3.42. The van der Waals surface area contributed by atoms with Crippen LogP contribution >= 0.6 is 57.4 Å². The molecule has 0 saturated carbocycles. The van der Waals surface area contributed by atoms with Crippen LogP contribution in [0, 0.1) is 7.14 Å². The molecule has 0 aliphatic carbocycles. The van der Waals surface area contributed by atoms with Crippen LogP contribution in [0.5, 0.6) is 0 Å². The average molecular weight is 504 g/mol. The molecule has 0 heterocycles. The van der Waals surface area contributed by atoms with Crippen LogP contribution in [-0.2, 0) is 4.79 Å². The van der Waals surface area contributed by atoms with Gasteiger partial charge in [0.1, 0.15) is 0 Å². The lowest BCUT2D eigenvalue weighted by atomic mass is 10.2. The average Bonchev–Trinajstić information content (AvgIpc) is 2.31. The number of halogens is 2. The Morgan fingerprint density at radius 2 is 2.00 bits per heavy atom. The predicted octanol–water partition coefficient (Wildman–Crippen LogP) is 2.82. The zero-order chi connectivity index (χ0) is 14.6. The molecule has 0 bridgehead atoms. The number of carbonyl (C=O) groups excluding carboxylic acids is 1. The van der Waals surface area contributed by atoms with E-state index >= 15 is 0 Å². The molecular formula is C11H10I2N2O3S. The molecule has 1 amide bonds. The summed E-state index contributed by atoms with van der Waals surface area (Å²) < 4.78 is 1.53. The van der Waals surface area contributed by atoms with Gasteiger partial charge in [-0.1, -0.05) is 6.92 Å². The number of benzene rings is 1. The molecule has 0 aliphatic heterocycles. The monoisotopic (exact) mass is 504 g/mol. The second-order valence-electron chi connectivity index (χ2n) is 3.47. The number of carboxylic acid groups (broad SMARTS) is 1. The highest BCUT2D eigenvalue weighted by molar-refractivity contribution is 14.1. The van der Waals surface area contributed by atoms with Gasteiger partial charge in [0.2, 0.25) is 5.91 Å². The van der Waals surface area contributed by atoms with Gasteiger partial charge in [0.05, 0.1) is 11.3 Å². The second-order valence-corrected chi connectivity index (χ2v) is 6.29. The first-order chi connectivity index (χ1) is 8.85. The van der Waals surface area contributed by atoms with E-state index in [9.17, 15) is 14.7 Å². The Kier molecular flexibility index (Phi) is 6.39. The third-order valence-corrected chi connectivity index (χ3v) is 3.78. The van der Waals surface area contributed by atoms with E-state index in [0.29, 0.717) is 12.1 Å². The van der Waals surface area contributed by atoms with Gasteiger partial charge < -0.3 is 15.7 Å². The van der Waals surface area contributed by atoms with Crippen LogP contribution in [0.4, 0.5) is 5.69 Å². The molecule has 1 aromatic carbocycles. The lowest BCUT2D eigenvalue weighted by Gasteiger charge is -2.13. The Bertz CT molecular complexity index is 549. The van der Waals surface area contributed by atoms with E-state index in [1.807, 2.05) is 51.2 Å². The van der Waals surface area contributed by atoms with Gasteiger partial charge in [-0.3, -0.25) is 4.79 Å². The first-order valence-corrected chi connectivity index (χ1v) is 7.75. The zero-order valence-electron chi connectivity index (χ0n) is 9.79. The Hall–Kier alpha value is -0.490. The normalized spacial score (nSPS) is 9.84. The van der Waals surface area contributed by atoms with Gasteiger partial charge in [-0.2, -0.15) is 0 Å². The quantitative estimate of drug-likeness (QED) is 0.437. The highest BCUT2D eigenvalue weighted by Gasteiger charge is 2.16. The number of carboxylic acids is 1. The largest absolute Gasteiger partial charge is 0.478 e. The van der Waals surface area contributed by atoms with Crippen molar-refractivity contribution in [1.82, 2.24) is 5.32 Å². The summed E-state index contributed by atoms with van der Waals surface area (Å²) in [6, 6.07) is 3.36. The number of anilines is 1. The Labute approximate surface area is 142 Å². The second kappa shape index (κ2) is 7.33. The van der Waals surface area contributed by atoms with Gasteiger partial charge >= 0.3 is 5.97 Å². The van der Waals surface area contributed by atoms with E-state index in [2.05, 4.69) is 10.6 Å². The van der Waals surface area contributed by atoms with Gasteiger partial charge in [0.25, 0.3) is 0 Å². The summed E-state index contributed by atoms with van der Waals surface area (Å²) in [4.78, 5) is 22.4. The fourth-order valence-electron chi connectivity index (χ4n) is 1.23. The molecular weight excluding hydrogens is 494 g/mol. The van der Waals surface area contributed by atoms with Gasteiger partial charge in [-0.05, 0) is 69.5 Å².